The van der Waals surface area contributed by atoms with Crippen LogP contribution in [0.5, 0.6) is 0 Å². The van der Waals surface area contributed by atoms with E-state index in [-0.39, 0.29) is 11.1 Å². The van der Waals surface area contributed by atoms with Gasteiger partial charge in [-0.3, -0.25) is 4.79 Å². The molecule has 0 amide bonds. The summed E-state index contributed by atoms with van der Waals surface area (Å²) in [6, 6.07) is 10.9. The van der Waals surface area contributed by atoms with E-state index in [0.717, 1.165) is 16.7 Å². The van der Waals surface area contributed by atoms with Crippen molar-refractivity contribution in [3.63, 3.8) is 0 Å². The van der Waals surface area contributed by atoms with E-state index < -0.39 is 19.1 Å². The van der Waals surface area contributed by atoms with Crippen LogP contribution in [0.4, 0.5) is 0 Å². The highest BCUT2D eigenvalue weighted by atomic mass is 31.2. The minimum absolute atomic E-state index is 0.0225. The maximum absolute atomic E-state index is 12.1. The SMILES string of the molecule is Cc1ccc(C(=O)P(=O)(O)OC(=O)c2ccc(C)c(C)c2)cc1. The first-order valence-electron chi connectivity index (χ1n) is 6.96. The lowest BCUT2D eigenvalue weighted by molar-refractivity contribution is 0.0700. The van der Waals surface area contributed by atoms with E-state index in [4.69, 9.17) is 0 Å². The summed E-state index contributed by atoms with van der Waals surface area (Å²) in [6.45, 7) is 5.51. The molecule has 0 aromatic heterocycles. The lowest BCUT2D eigenvalue weighted by atomic mass is 10.1. The lowest BCUT2D eigenvalue weighted by Gasteiger charge is -2.11. The second-order valence-electron chi connectivity index (χ2n) is 5.37. The Morgan fingerprint density at radius 2 is 1.48 bits per heavy atom. The van der Waals surface area contributed by atoms with E-state index in [9.17, 15) is 19.0 Å². The van der Waals surface area contributed by atoms with Gasteiger partial charge < -0.3 is 9.42 Å². The van der Waals surface area contributed by atoms with Crippen molar-refractivity contribution < 1.29 is 23.6 Å². The summed E-state index contributed by atoms with van der Waals surface area (Å²) >= 11 is 0. The summed E-state index contributed by atoms with van der Waals surface area (Å²) in [5.41, 5.74) is 1.77. The highest BCUT2D eigenvalue weighted by molar-refractivity contribution is 7.72. The van der Waals surface area contributed by atoms with Gasteiger partial charge in [-0.05, 0) is 44.0 Å². The van der Waals surface area contributed by atoms with E-state index in [0.29, 0.717) is 0 Å². The molecule has 5 nitrogen and oxygen atoms in total. The van der Waals surface area contributed by atoms with Gasteiger partial charge in [0.25, 0.3) is 5.52 Å². The zero-order valence-electron chi connectivity index (χ0n) is 13.1. The Morgan fingerprint density at radius 1 is 0.913 bits per heavy atom. The van der Waals surface area contributed by atoms with Gasteiger partial charge in [-0.15, -0.1) is 0 Å². The van der Waals surface area contributed by atoms with Crippen molar-refractivity contribution in [2.45, 2.75) is 20.8 Å². The van der Waals surface area contributed by atoms with Gasteiger partial charge in [-0.25, -0.2) is 9.36 Å². The Morgan fingerprint density at radius 3 is 2.04 bits per heavy atom. The highest BCUT2D eigenvalue weighted by Gasteiger charge is 2.35. The smallest absolute Gasteiger partial charge is 0.383 e. The van der Waals surface area contributed by atoms with Gasteiger partial charge in [0, 0.05) is 5.56 Å². The standard InChI is InChI=1S/C17H17O5P/c1-11-4-7-14(8-5-11)17(19)23(20,21)22-16(18)15-9-6-12(2)13(3)10-15/h4-10H,1-3H3,(H,20,21). The quantitative estimate of drug-likeness (QED) is 0.862. The van der Waals surface area contributed by atoms with Gasteiger partial charge in [0.05, 0.1) is 5.56 Å². The molecule has 0 fully saturated rings. The molecule has 0 saturated carbocycles. The molecule has 120 valence electrons. The third kappa shape index (κ3) is 3.95. The zero-order chi connectivity index (χ0) is 17.2. The predicted molar refractivity (Wildman–Crippen MR) is 86.7 cm³/mol. The van der Waals surface area contributed by atoms with Crippen LogP contribution in [-0.4, -0.2) is 16.4 Å². The maximum atomic E-state index is 12.1. The minimum Gasteiger partial charge on any atom is -0.383 e. The molecule has 1 unspecified atom stereocenters. The lowest BCUT2D eigenvalue weighted by Crippen LogP contribution is -2.10. The van der Waals surface area contributed by atoms with Crippen molar-refractivity contribution in [1.29, 1.82) is 0 Å². The van der Waals surface area contributed by atoms with Crippen molar-refractivity contribution in [3.8, 4) is 0 Å². The molecule has 0 aliphatic rings. The molecule has 0 bridgehead atoms. The first-order valence-corrected chi connectivity index (χ1v) is 8.54. The van der Waals surface area contributed by atoms with Crippen molar-refractivity contribution >= 4 is 19.1 Å². The van der Waals surface area contributed by atoms with Crippen molar-refractivity contribution in [3.05, 3.63) is 70.3 Å². The molecule has 0 aliphatic heterocycles. The number of carbonyl (C=O) groups excluding carboxylic acids is 2. The van der Waals surface area contributed by atoms with E-state index in [1.807, 2.05) is 20.8 Å². The number of hydrogen-bond donors (Lipinski definition) is 1. The van der Waals surface area contributed by atoms with Crippen LogP contribution < -0.4 is 0 Å². The average Bonchev–Trinajstić information content (AvgIpc) is 2.49. The first-order chi connectivity index (χ1) is 10.7. The van der Waals surface area contributed by atoms with E-state index in [2.05, 4.69) is 4.52 Å². The summed E-state index contributed by atoms with van der Waals surface area (Å²) in [5.74, 6) is -1.00. The fraction of sp³-hybridized carbons (Fsp3) is 0.176. The van der Waals surface area contributed by atoms with E-state index >= 15 is 0 Å². The van der Waals surface area contributed by atoms with E-state index in [1.165, 1.54) is 18.2 Å². The fourth-order valence-corrected chi connectivity index (χ4v) is 2.82. The number of carbonyl (C=O) groups is 2. The predicted octanol–water partition coefficient (Wildman–Crippen LogP) is 3.79. The molecule has 0 aliphatic carbocycles. The highest BCUT2D eigenvalue weighted by Crippen LogP contribution is 2.46. The Labute approximate surface area is 134 Å². The molecule has 23 heavy (non-hydrogen) atoms. The molecular formula is C17H17O5P. The molecule has 0 heterocycles. The van der Waals surface area contributed by atoms with Crippen LogP contribution in [0.15, 0.2) is 42.5 Å². The topological polar surface area (TPSA) is 80.7 Å². The zero-order valence-corrected chi connectivity index (χ0v) is 14.0. The summed E-state index contributed by atoms with van der Waals surface area (Å²) < 4.78 is 16.7. The number of benzene rings is 2. The monoisotopic (exact) mass is 332 g/mol. The van der Waals surface area contributed by atoms with Gasteiger partial charge in [0.1, 0.15) is 0 Å². The Hall–Kier alpha value is -2.23. The average molecular weight is 332 g/mol. The maximum Gasteiger partial charge on any atom is 0.450 e. The van der Waals surface area contributed by atoms with Gasteiger partial charge in [0.2, 0.25) is 0 Å². The molecule has 2 rings (SSSR count). The van der Waals surface area contributed by atoms with Gasteiger partial charge >= 0.3 is 13.6 Å². The number of rotatable bonds is 4. The fourth-order valence-electron chi connectivity index (χ4n) is 1.93. The van der Waals surface area contributed by atoms with Crippen LogP contribution in [0.3, 0.4) is 0 Å². The number of hydrogen-bond acceptors (Lipinski definition) is 4. The third-order valence-electron chi connectivity index (χ3n) is 3.50. The van der Waals surface area contributed by atoms with Crippen LogP contribution >= 0.6 is 7.60 Å². The van der Waals surface area contributed by atoms with Gasteiger partial charge in [-0.2, -0.15) is 0 Å². The van der Waals surface area contributed by atoms with Crippen LogP contribution in [0.2, 0.25) is 0 Å². The molecule has 2 aromatic rings. The first kappa shape index (κ1) is 17.1. The summed E-state index contributed by atoms with van der Waals surface area (Å²) in [4.78, 5) is 33.9. The molecule has 1 atom stereocenters. The summed E-state index contributed by atoms with van der Waals surface area (Å²) in [7, 11) is -4.76. The van der Waals surface area contributed by atoms with Crippen LogP contribution in [-0.2, 0) is 9.09 Å². The molecule has 1 N–H and O–H groups in total. The number of aryl methyl sites for hydroxylation is 3. The van der Waals surface area contributed by atoms with E-state index in [1.54, 1.807) is 24.3 Å². The molecule has 2 aromatic carbocycles. The molecule has 6 heteroatoms. The van der Waals surface area contributed by atoms with Crippen LogP contribution in [0.1, 0.15) is 37.4 Å². The summed E-state index contributed by atoms with van der Waals surface area (Å²) in [5, 5.41) is 0. The van der Waals surface area contributed by atoms with Crippen molar-refractivity contribution in [2.75, 3.05) is 0 Å². The molecule has 0 spiro atoms. The Balaban J connectivity index is 2.21. The molecule has 0 radical (unpaired) electrons. The normalized spacial score (nSPS) is 13.2. The Kier molecular flexibility index (Phi) is 4.83. The second kappa shape index (κ2) is 6.49. The van der Waals surface area contributed by atoms with Gasteiger partial charge in [0.15, 0.2) is 0 Å². The Bertz CT molecular complexity index is 808. The second-order valence-corrected chi connectivity index (χ2v) is 7.00. The van der Waals surface area contributed by atoms with Crippen LogP contribution in [0, 0.1) is 20.8 Å². The molecule has 0 saturated heterocycles. The summed E-state index contributed by atoms with van der Waals surface area (Å²) in [6.07, 6.45) is 0. The minimum atomic E-state index is -4.76. The third-order valence-corrected chi connectivity index (χ3v) is 4.69. The van der Waals surface area contributed by atoms with Gasteiger partial charge in [-0.1, -0.05) is 35.9 Å². The van der Waals surface area contributed by atoms with Crippen LogP contribution in [0.25, 0.3) is 0 Å². The van der Waals surface area contributed by atoms with Crippen molar-refractivity contribution in [2.24, 2.45) is 0 Å². The largest absolute Gasteiger partial charge is 0.450 e. The van der Waals surface area contributed by atoms with Crippen molar-refractivity contribution in [1.82, 2.24) is 0 Å². The molecular weight excluding hydrogens is 315 g/mol.